The topological polar surface area (TPSA) is 45.2 Å². The Labute approximate surface area is 137 Å². The van der Waals surface area contributed by atoms with Crippen LogP contribution in [0.3, 0.4) is 0 Å². The summed E-state index contributed by atoms with van der Waals surface area (Å²) in [6.07, 6.45) is 0. The highest BCUT2D eigenvalue weighted by molar-refractivity contribution is 7.14. The molecule has 1 aromatic carbocycles. The first-order valence-corrected chi connectivity index (χ1v) is 8.06. The molecule has 1 amide bonds. The van der Waals surface area contributed by atoms with Crippen LogP contribution in [0.4, 0.5) is 10.8 Å². The molecule has 0 bridgehead atoms. The molecular weight excluding hydrogens is 329 g/mol. The molecule has 2 rings (SSSR count). The molecule has 0 aliphatic carbocycles. The normalized spacial score (nSPS) is 10.5. The molecule has 1 heterocycles. The molecule has 112 valence electrons. The van der Waals surface area contributed by atoms with E-state index < -0.39 is 0 Å². The van der Waals surface area contributed by atoms with Gasteiger partial charge >= 0.3 is 0 Å². The van der Waals surface area contributed by atoms with Crippen LogP contribution in [0.15, 0.2) is 23.6 Å². The van der Waals surface area contributed by atoms with Crippen molar-refractivity contribution in [3.05, 3.63) is 39.3 Å². The molecule has 0 aliphatic rings. The molecule has 0 saturated carbocycles. The zero-order valence-corrected chi connectivity index (χ0v) is 14.0. The first-order chi connectivity index (χ1) is 10.0. The third-order valence-corrected chi connectivity index (χ3v) is 4.32. The lowest BCUT2D eigenvalue weighted by molar-refractivity contribution is -0.116. The van der Waals surface area contributed by atoms with E-state index in [1.54, 1.807) is 17.0 Å². The molecule has 0 saturated heterocycles. The van der Waals surface area contributed by atoms with Crippen LogP contribution in [0.2, 0.25) is 10.0 Å². The smallest absolute Gasteiger partial charge is 0.225 e. The van der Waals surface area contributed by atoms with Crippen molar-refractivity contribution in [2.24, 2.45) is 0 Å². The van der Waals surface area contributed by atoms with Crippen molar-refractivity contribution in [1.82, 2.24) is 4.98 Å². The summed E-state index contributed by atoms with van der Waals surface area (Å²) in [7, 11) is 0. The summed E-state index contributed by atoms with van der Waals surface area (Å²) in [5.41, 5.74) is 1.66. The minimum absolute atomic E-state index is 0.00731. The molecular formula is C14H15Cl2N3OS. The summed E-state index contributed by atoms with van der Waals surface area (Å²) in [4.78, 5) is 17.6. The number of carbonyl (C=O) groups is 1. The number of hydrogen-bond acceptors (Lipinski definition) is 4. The van der Waals surface area contributed by atoms with E-state index in [9.17, 15) is 4.79 Å². The third kappa shape index (κ3) is 4.09. The minimum Gasteiger partial charge on any atom is -0.378 e. The lowest BCUT2D eigenvalue weighted by Crippen LogP contribution is -2.27. The van der Waals surface area contributed by atoms with Crippen molar-refractivity contribution in [3.63, 3.8) is 0 Å². The molecule has 0 unspecified atom stereocenters. The molecule has 0 fully saturated rings. The van der Waals surface area contributed by atoms with Crippen LogP contribution >= 0.6 is 34.5 Å². The monoisotopic (exact) mass is 343 g/mol. The van der Waals surface area contributed by atoms with Crippen LogP contribution in [-0.2, 0) is 11.3 Å². The van der Waals surface area contributed by atoms with E-state index in [2.05, 4.69) is 10.3 Å². The number of benzene rings is 1. The Bertz CT molecular complexity index is 645. The highest BCUT2D eigenvalue weighted by atomic mass is 35.5. The second-order valence-corrected chi connectivity index (χ2v) is 6.04. The number of amides is 1. The first kappa shape index (κ1) is 16.1. The molecule has 4 nitrogen and oxygen atoms in total. The van der Waals surface area contributed by atoms with Gasteiger partial charge < -0.3 is 5.32 Å². The van der Waals surface area contributed by atoms with Crippen molar-refractivity contribution in [2.45, 2.75) is 20.4 Å². The number of rotatable bonds is 5. The van der Waals surface area contributed by atoms with Gasteiger partial charge in [0.15, 0.2) is 5.13 Å². The minimum atomic E-state index is -0.00731. The van der Waals surface area contributed by atoms with Gasteiger partial charge in [-0.15, -0.1) is 11.3 Å². The van der Waals surface area contributed by atoms with E-state index in [1.165, 1.54) is 18.3 Å². The molecule has 2 aromatic rings. The van der Waals surface area contributed by atoms with Gasteiger partial charge in [-0.3, -0.25) is 9.69 Å². The van der Waals surface area contributed by atoms with E-state index >= 15 is 0 Å². The van der Waals surface area contributed by atoms with Crippen LogP contribution in [0.5, 0.6) is 0 Å². The Balaban J connectivity index is 2.04. The van der Waals surface area contributed by atoms with Gasteiger partial charge in [-0.2, -0.15) is 0 Å². The highest BCUT2D eigenvalue weighted by Crippen LogP contribution is 2.26. The standard InChI is InChI=1S/C14H15Cl2N3OS/c1-3-19(9(2)20)14-18-11(8-21-14)7-17-13-5-4-10(15)6-12(13)16/h4-6,8,17H,3,7H2,1-2H3. The summed E-state index contributed by atoms with van der Waals surface area (Å²) in [5, 5.41) is 7.01. The largest absolute Gasteiger partial charge is 0.378 e. The van der Waals surface area contributed by atoms with Crippen LogP contribution in [-0.4, -0.2) is 17.4 Å². The Morgan fingerprint density at radius 3 is 2.81 bits per heavy atom. The molecule has 21 heavy (non-hydrogen) atoms. The summed E-state index contributed by atoms with van der Waals surface area (Å²) in [6.45, 7) is 4.61. The fourth-order valence-electron chi connectivity index (χ4n) is 1.81. The third-order valence-electron chi connectivity index (χ3n) is 2.86. The fourth-order valence-corrected chi connectivity index (χ4v) is 3.22. The van der Waals surface area contributed by atoms with Crippen molar-refractivity contribution in [3.8, 4) is 0 Å². The van der Waals surface area contributed by atoms with Gasteiger partial charge in [0.05, 0.1) is 22.9 Å². The number of nitrogens with one attached hydrogen (secondary N) is 1. The first-order valence-electron chi connectivity index (χ1n) is 6.42. The molecule has 0 spiro atoms. The van der Waals surface area contributed by atoms with Gasteiger partial charge in [0, 0.05) is 23.9 Å². The number of aromatic nitrogens is 1. The van der Waals surface area contributed by atoms with Gasteiger partial charge in [-0.1, -0.05) is 23.2 Å². The molecule has 1 N–H and O–H groups in total. The SMILES string of the molecule is CCN(C(C)=O)c1nc(CNc2ccc(Cl)cc2Cl)cs1. The maximum Gasteiger partial charge on any atom is 0.225 e. The maximum absolute atomic E-state index is 11.5. The number of anilines is 2. The average molecular weight is 344 g/mol. The van der Waals surface area contributed by atoms with Gasteiger partial charge in [0.1, 0.15) is 0 Å². The number of nitrogens with zero attached hydrogens (tertiary/aromatic N) is 2. The summed E-state index contributed by atoms with van der Waals surface area (Å²) in [5.74, 6) is -0.00731. The van der Waals surface area contributed by atoms with Crippen molar-refractivity contribution in [1.29, 1.82) is 0 Å². The Hall–Kier alpha value is -1.30. The average Bonchev–Trinajstić information content (AvgIpc) is 2.87. The Morgan fingerprint density at radius 2 is 2.19 bits per heavy atom. The van der Waals surface area contributed by atoms with Gasteiger partial charge in [-0.25, -0.2) is 4.98 Å². The second kappa shape index (κ2) is 7.11. The molecule has 1 aromatic heterocycles. The van der Waals surface area contributed by atoms with E-state index in [0.717, 1.165) is 11.4 Å². The van der Waals surface area contributed by atoms with E-state index in [-0.39, 0.29) is 5.91 Å². The zero-order chi connectivity index (χ0) is 15.4. The van der Waals surface area contributed by atoms with Gasteiger partial charge in [0.2, 0.25) is 5.91 Å². The summed E-state index contributed by atoms with van der Waals surface area (Å²) in [6, 6.07) is 5.29. The fraction of sp³-hybridized carbons (Fsp3) is 0.286. The maximum atomic E-state index is 11.5. The number of halogens is 2. The van der Waals surface area contributed by atoms with Crippen LogP contribution in [0.25, 0.3) is 0 Å². The second-order valence-electron chi connectivity index (χ2n) is 4.36. The molecule has 0 radical (unpaired) electrons. The van der Waals surface area contributed by atoms with Gasteiger partial charge in [0.25, 0.3) is 0 Å². The predicted molar refractivity (Wildman–Crippen MR) is 89.6 cm³/mol. The van der Waals surface area contributed by atoms with Crippen molar-refractivity contribution in [2.75, 3.05) is 16.8 Å². The lowest BCUT2D eigenvalue weighted by Gasteiger charge is -2.14. The Morgan fingerprint density at radius 1 is 1.43 bits per heavy atom. The zero-order valence-electron chi connectivity index (χ0n) is 11.7. The summed E-state index contributed by atoms with van der Waals surface area (Å²) < 4.78 is 0. The predicted octanol–water partition coefficient (Wildman–Crippen LogP) is 4.43. The summed E-state index contributed by atoms with van der Waals surface area (Å²) >= 11 is 13.4. The van der Waals surface area contributed by atoms with Crippen molar-refractivity contribution < 1.29 is 4.79 Å². The number of thiazole rings is 1. The number of carbonyl (C=O) groups excluding carboxylic acids is 1. The van der Waals surface area contributed by atoms with Crippen LogP contribution < -0.4 is 10.2 Å². The molecule has 7 heteroatoms. The number of hydrogen-bond donors (Lipinski definition) is 1. The highest BCUT2D eigenvalue weighted by Gasteiger charge is 2.13. The van der Waals surface area contributed by atoms with Crippen molar-refractivity contribution >= 4 is 51.3 Å². The van der Waals surface area contributed by atoms with E-state index in [4.69, 9.17) is 23.2 Å². The Kier molecular flexibility index (Phi) is 5.45. The quantitative estimate of drug-likeness (QED) is 0.872. The van der Waals surface area contributed by atoms with E-state index in [0.29, 0.717) is 28.3 Å². The van der Waals surface area contributed by atoms with E-state index in [1.807, 2.05) is 18.4 Å². The van der Waals surface area contributed by atoms with Crippen LogP contribution in [0.1, 0.15) is 19.5 Å². The molecule has 0 atom stereocenters. The van der Waals surface area contributed by atoms with Gasteiger partial charge in [-0.05, 0) is 25.1 Å². The van der Waals surface area contributed by atoms with Crippen LogP contribution in [0, 0.1) is 0 Å². The lowest BCUT2D eigenvalue weighted by atomic mass is 10.3. The molecule has 0 aliphatic heterocycles.